The Labute approximate surface area is 119 Å². The Bertz CT molecular complexity index is 569. The Balaban J connectivity index is 1.81. The van der Waals surface area contributed by atoms with E-state index in [0.717, 1.165) is 9.21 Å². The number of nitrogens with one attached hydrogen (secondary N) is 1. The van der Waals surface area contributed by atoms with Gasteiger partial charge in [0.15, 0.2) is 5.69 Å². The van der Waals surface area contributed by atoms with Crippen molar-refractivity contribution in [2.24, 2.45) is 0 Å². The summed E-state index contributed by atoms with van der Waals surface area (Å²) in [5.74, 6) is -1.07. The highest BCUT2D eigenvalue weighted by Crippen LogP contribution is 2.26. The molecule has 0 spiro atoms. The molecule has 2 N–H and O–H groups in total. The van der Waals surface area contributed by atoms with Gasteiger partial charge in [-0.1, -0.05) is 16.8 Å². The number of carboxylic acids is 1. The SMILES string of the molecule is CC(NCCn1cc(C(=O)O)nn1)c1ccc(Cl)s1. The molecule has 8 heteroatoms. The average Bonchev–Trinajstić information content (AvgIpc) is 2.98. The summed E-state index contributed by atoms with van der Waals surface area (Å²) >= 11 is 7.42. The second-order valence-electron chi connectivity index (χ2n) is 3.99. The van der Waals surface area contributed by atoms with Crippen LogP contribution in [-0.2, 0) is 6.54 Å². The fourth-order valence-electron chi connectivity index (χ4n) is 1.56. The number of rotatable bonds is 6. The Hall–Kier alpha value is -1.44. The van der Waals surface area contributed by atoms with Gasteiger partial charge in [0, 0.05) is 17.5 Å². The van der Waals surface area contributed by atoms with Crippen LogP contribution in [0.5, 0.6) is 0 Å². The molecule has 0 saturated carbocycles. The predicted octanol–water partition coefficient (Wildman–Crippen LogP) is 2.04. The number of aromatic nitrogens is 3. The molecule has 0 aliphatic heterocycles. The number of hydrogen-bond acceptors (Lipinski definition) is 5. The molecule has 0 bridgehead atoms. The Morgan fingerprint density at radius 1 is 1.63 bits per heavy atom. The largest absolute Gasteiger partial charge is 0.476 e. The molecule has 0 saturated heterocycles. The van der Waals surface area contributed by atoms with Crippen LogP contribution in [-0.4, -0.2) is 32.6 Å². The van der Waals surface area contributed by atoms with Crippen molar-refractivity contribution >= 4 is 28.9 Å². The van der Waals surface area contributed by atoms with Gasteiger partial charge < -0.3 is 10.4 Å². The summed E-state index contributed by atoms with van der Waals surface area (Å²) in [5.41, 5.74) is -0.0434. The zero-order valence-corrected chi connectivity index (χ0v) is 11.8. The standard InChI is InChI=1S/C11H13ClN4O2S/c1-7(9-2-3-10(12)19-9)13-4-5-16-6-8(11(17)18)14-15-16/h2-3,6-7,13H,4-5H2,1H3,(H,17,18). The van der Waals surface area contributed by atoms with E-state index in [4.69, 9.17) is 16.7 Å². The van der Waals surface area contributed by atoms with Gasteiger partial charge in [-0.3, -0.25) is 4.68 Å². The lowest BCUT2D eigenvalue weighted by Gasteiger charge is -2.11. The molecule has 2 aromatic rings. The van der Waals surface area contributed by atoms with Crippen LogP contribution in [0.15, 0.2) is 18.3 Å². The van der Waals surface area contributed by atoms with Crippen LogP contribution in [0.4, 0.5) is 0 Å². The fourth-order valence-corrected chi connectivity index (χ4v) is 2.65. The maximum absolute atomic E-state index is 10.6. The molecular formula is C11H13ClN4O2S. The van der Waals surface area contributed by atoms with Crippen molar-refractivity contribution < 1.29 is 9.90 Å². The lowest BCUT2D eigenvalue weighted by molar-refractivity contribution is 0.0690. The summed E-state index contributed by atoms with van der Waals surface area (Å²) in [5, 5.41) is 19.3. The topological polar surface area (TPSA) is 80.0 Å². The number of thiophene rings is 1. The third-order valence-corrected chi connectivity index (χ3v) is 3.98. The first kappa shape index (κ1) is 14.0. The zero-order chi connectivity index (χ0) is 13.8. The van der Waals surface area contributed by atoms with Gasteiger partial charge in [0.2, 0.25) is 0 Å². The van der Waals surface area contributed by atoms with Gasteiger partial charge in [-0.2, -0.15) is 0 Å². The summed E-state index contributed by atoms with van der Waals surface area (Å²) in [6, 6.07) is 4.05. The van der Waals surface area contributed by atoms with Gasteiger partial charge in [-0.15, -0.1) is 16.4 Å². The van der Waals surface area contributed by atoms with E-state index >= 15 is 0 Å². The Kier molecular flexibility index (Phi) is 4.52. The van der Waals surface area contributed by atoms with Crippen molar-refractivity contribution in [2.45, 2.75) is 19.5 Å². The lowest BCUT2D eigenvalue weighted by atomic mass is 10.3. The number of carbonyl (C=O) groups is 1. The number of hydrogen-bond donors (Lipinski definition) is 2. The molecule has 1 unspecified atom stereocenters. The summed E-state index contributed by atoms with van der Waals surface area (Å²) < 4.78 is 2.27. The van der Waals surface area contributed by atoms with Crippen LogP contribution in [0.1, 0.15) is 28.3 Å². The van der Waals surface area contributed by atoms with Crippen LogP contribution >= 0.6 is 22.9 Å². The van der Waals surface area contributed by atoms with Crippen molar-refractivity contribution in [3.05, 3.63) is 33.2 Å². The van der Waals surface area contributed by atoms with Crippen molar-refractivity contribution in [1.29, 1.82) is 0 Å². The fraction of sp³-hybridized carbons (Fsp3) is 0.364. The van der Waals surface area contributed by atoms with Gasteiger partial charge in [0.05, 0.1) is 17.1 Å². The molecule has 102 valence electrons. The van der Waals surface area contributed by atoms with Gasteiger partial charge in [0.1, 0.15) is 0 Å². The second kappa shape index (κ2) is 6.14. The summed E-state index contributed by atoms with van der Waals surface area (Å²) in [6.07, 6.45) is 1.41. The van der Waals surface area contributed by atoms with Gasteiger partial charge in [-0.25, -0.2) is 4.79 Å². The molecule has 2 heterocycles. The molecular weight excluding hydrogens is 288 g/mol. The first-order valence-electron chi connectivity index (χ1n) is 5.68. The van der Waals surface area contributed by atoms with Crippen molar-refractivity contribution in [3.63, 3.8) is 0 Å². The number of halogens is 1. The Morgan fingerprint density at radius 3 is 3.00 bits per heavy atom. The highest BCUT2D eigenvalue weighted by atomic mass is 35.5. The second-order valence-corrected chi connectivity index (χ2v) is 5.74. The summed E-state index contributed by atoms with van der Waals surface area (Å²) in [6.45, 7) is 3.27. The monoisotopic (exact) mass is 300 g/mol. The summed E-state index contributed by atoms with van der Waals surface area (Å²) in [4.78, 5) is 11.8. The van der Waals surface area contributed by atoms with E-state index in [-0.39, 0.29) is 11.7 Å². The van der Waals surface area contributed by atoms with Crippen molar-refractivity contribution in [1.82, 2.24) is 20.3 Å². The molecule has 0 radical (unpaired) electrons. The van der Waals surface area contributed by atoms with E-state index in [2.05, 4.69) is 15.6 Å². The molecule has 6 nitrogen and oxygen atoms in total. The van der Waals surface area contributed by atoms with Crippen LogP contribution in [0.2, 0.25) is 4.34 Å². The molecule has 0 aliphatic rings. The molecule has 0 aliphatic carbocycles. The maximum Gasteiger partial charge on any atom is 0.358 e. The lowest BCUT2D eigenvalue weighted by Crippen LogP contribution is -2.23. The molecule has 2 rings (SSSR count). The number of carboxylic acid groups (broad SMARTS) is 1. The van der Waals surface area contributed by atoms with Crippen molar-refractivity contribution in [3.8, 4) is 0 Å². The number of aromatic carboxylic acids is 1. The van der Waals surface area contributed by atoms with Crippen LogP contribution < -0.4 is 5.32 Å². The minimum absolute atomic E-state index is 0.0434. The van der Waals surface area contributed by atoms with Gasteiger partial charge in [0.25, 0.3) is 0 Å². The normalized spacial score (nSPS) is 12.5. The van der Waals surface area contributed by atoms with Crippen LogP contribution in [0.3, 0.4) is 0 Å². The van der Waals surface area contributed by atoms with Crippen LogP contribution in [0, 0.1) is 0 Å². The average molecular weight is 301 g/mol. The van der Waals surface area contributed by atoms with Crippen LogP contribution in [0.25, 0.3) is 0 Å². The minimum Gasteiger partial charge on any atom is -0.476 e. The van der Waals surface area contributed by atoms with E-state index < -0.39 is 5.97 Å². The van der Waals surface area contributed by atoms with Gasteiger partial charge in [-0.05, 0) is 19.1 Å². The molecule has 2 aromatic heterocycles. The zero-order valence-electron chi connectivity index (χ0n) is 10.2. The number of nitrogens with zero attached hydrogens (tertiary/aromatic N) is 3. The Morgan fingerprint density at radius 2 is 2.42 bits per heavy atom. The quantitative estimate of drug-likeness (QED) is 0.853. The highest BCUT2D eigenvalue weighted by molar-refractivity contribution is 7.16. The molecule has 0 amide bonds. The van der Waals surface area contributed by atoms with Gasteiger partial charge >= 0.3 is 5.97 Å². The smallest absolute Gasteiger partial charge is 0.358 e. The van der Waals surface area contributed by atoms with E-state index in [1.54, 1.807) is 11.3 Å². The third kappa shape index (κ3) is 3.76. The molecule has 0 aromatic carbocycles. The summed E-state index contributed by atoms with van der Waals surface area (Å²) in [7, 11) is 0. The van der Waals surface area contributed by atoms with E-state index in [0.29, 0.717) is 13.1 Å². The highest BCUT2D eigenvalue weighted by Gasteiger charge is 2.09. The van der Waals surface area contributed by atoms with Crippen molar-refractivity contribution in [2.75, 3.05) is 6.54 Å². The first-order valence-corrected chi connectivity index (χ1v) is 6.88. The third-order valence-electron chi connectivity index (χ3n) is 2.57. The van der Waals surface area contributed by atoms with E-state index in [1.165, 1.54) is 10.9 Å². The first-order chi connectivity index (χ1) is 9.06. The van der Waals surface area contributed by atoms with E-state index in [9.17, 15) is 4.79 Å². The predicted molar refractivity (Wildman–Crippen MR) is 72.7 cm³/mol. The molecule has 19 heavy (non-hydrogen) atoms. The maximum atomic E-state index is 10.6. The van der Waals surface area contributed by atoms with E-state index in [1.807, 2.05) is 19.1 Å². The molecule has 1 atom stereocenters. The minimum atomic E-state index is -1.07. The molecule has 0 fully saturated rings.